The van der Waals surface area contributed by atoms with Gasteiger partial charge in [0, 0.05) is 18.8 Å². The lowest BCUT2D eigenvalue weighted by molar-refractivity contribution is 0.178. The van der Waals surface area contributed by atoms with Gasteiger partial charge in [0.05, 0.1) is 6.10 Å². The number of rotatable bonds is 3. The van der Waals surface area contributed by atoms with Gasteiger partial charge in [-0.15, -0.1) is 0 Å². The van der Waals surface area contributed by atoms with Gasteiger partial charge in [-0.05, 0) is 29.7 Å². The molecule has 0 saturated carbocycles. The number of hydrogen-bond donors (Lipinski definition) is 1. The smallest absolute Gasteiger partial charge is 0.0845 e. The number of pyridine rings is 1. The molecule has 0 saturated heterocycles. The van der Waals surface area contributed by atoms with E-state index in [1.54, 1.807) is 12.4 Å². The Bertz CT molecular complexity index is 453. The van der Waals surface area contributed by atoms with Crippen molar-refractivity contribution in [3.05, 3.63) is 65.5 Å². The molecule has 1 aromatic heterocycles. The van der Waals surface area contributed by atoms with E-state index in [9.17, 15) is 5.11 Å². The second kappa shape index (κ2) is 4.90. The second-order valence-electron chi connectivity index (χ2n) is 3.93. The van der Waals surface area contributed by atoms with Crippen molar-refractivity contribution in [3.63, 3.8) is 0 Å². The Hall–Kier alpha value is -1.67. The summed E-state index contributed by atoms with van der Waals surface area (Å²) in [7, 11) is 0. The summed E-state index contributed by atoms with van der Waals surface area (Å²) in [6, 6.07) is 11.9. The van der Waals surface area contributed by atoms with E-state index in [4.69, 9.17) is 0 Å². The molecule has 0 bridgehead atoms. The Kier molecular flexibility index (Phi) is 3.32. The molecule has 0 amide bonds. The Labute approximate surface area is 95.6 Å². The second-order valence-corrected chi connectivity index (χ2v) is 3.93. The molecule has 1 unspecified atom stereocenters. The molecular formula is C14H15NO. The maximum absolute atomic E-state index is 10.1. The van der Waals surface area contributed by atoms with Crippen molar-refractivity contribution in [1.29, 1.82) is 0 Å². The normalized spacial score (nSPS) is 12.4. The summed E-state index contributed by atoms with van der Waals surface area (Å²) in [5.41, 5.74) is 3.26. The highest BCUT2D eigenvalue weighted by atomic mass is 16.3. The average Bonchev–Trinajstić information content (AvgIpc) is 2.33. The molecule has 1 aromatic carbocycles. The Morgan fingerprint density at radius 1 is 1.19 bits per heavy atom. The fourth-order valence-electron chi connectivity index (χ4n) is 1.74. The molecule has 0 radical (unpaired) electrons. The molecule has 2 heteroatoms. The molecule has 0 aliphatic carbocycles. The number of hydrogen-bond acceptors (Lipinski definition) is 2. The SMILES string of the molecule is Cc1ccccc1CC(O)c1cccnc1. The van der Waals surface area contributed by atoms with E-state index in [2.05, 4.69) is 24.0 Å². The van der Waals surface area contributed by atoms with Gasteiger partial charge in [-0.2, -0.15) is 0 Å². The van der Waals surface area contributed by atoms with Crippen molar-refractivity contribution in [3.8, 4) is 0 Å². The van der Waals surface area contributed by atoms with Gasteiger partial charge in [-0.25, -0.2) is 0 Å². The number of nitrogens with zero attached hydrogens (tertiary/aromatic N) is 1. The Balaban J connectivity index is 2.14. The minimum Gasteiger partial charge on any atom is -0.388 e. The molecule has 1 N–H and O–H groups in total. The molecule has 82 valence electrons. The summed E-state index contributed by atoms with van der Waals surface area (Å²) in [6.45, 7) is 2.06. The van der Waals surface area contributed by atoms with Gasteiger partial charge in [0.2, 0.25) is 0 Å². The first-order valence-electron chi connectivity index (χ1n) is 5.40. The van der Waals surface area contributed by atoms with Gasteiger partial charge >= 0.3 is 0 Å². The molecule has 0 spiro atoms. The summed E-state index contributed by atoms with van der Waals surface area (Å²) in [5.74, 6) is 0. The molecule has 1 atom stereocenters. The lowest BCUT2D eigenvalue weighted by Crippen LogP contribution is -2.03. The lowest BCUT2D eigenvalue weighted by atomic mass is 9.99. The quantitative estimate of drug-likeness (QED) is 0.850. The minimum absolute atomic E-state index is 0.477. The average molecular weight is 213 g/mol. The highest BCUT2D eigenvalue weighted by Crippen LogP contribution is 2.19. The van der Waals surface area contributed by atoms with Gasteiger partial charge < -0.3 is 5.11 Å². The van der Waals surface area contributed by atoms with E-state index in [0.29, 0.717) is 6.42 Å². The summed E-state index contributed by atoms with van der Waals surface area (Å²) in [5, 5.41) is 10.1. The molecule has 2 rings (SSSR count). The first-order valence-corrected chi connectivity index (χ1v) is 5.40. The van der Waals surface area contributed by atoms with Gasteiger partial charge in [0.15, 0.2) is 0 Å². The molecular weight excluding hydrogens is 198 g/mol. The predicted octanol–water partition coefficient (Wildman–Crippen LogP) is 2.67. The van der Waals surface area contributed by atoms with Gasteiger partial charge in [-0.3, -0.25) is 4.98 Å². The van der Waals surface area contributed by atoms with Crippen LogP contribution in [-0.2, 0) is 6.42 Å². The van der Waals surface area contributed by atoms with E-state index in [-0.39, 0.29) is 0 Å². The van der Waals surface area contributed by atoms with Crippen LogP contribution in [0.25, 0.3) is 0 Å². The van der Waals surface area contributed by atoms with Crippen LogP contribution in [0.4, 0.5) is 0 Å². The standard InChI is InChI=1S/C14H15NO/c1-11-5-2-3-6-12(11)9-14(16)13-7-4-8-15-10-13/h2-8,10,14,16H,9H2,1H3. The molecule has 2 nitrogen and oxygen atoms in total. The van der Waals surface area contributed by atoms with Crippen molar-refractivity contribution in [1.82, 2.24) is 4.98 Å². The maximum Gasteiger partial charge on any atom is 0.0845 e. The zero-order valence-electron chi connectivity index (χ0n) is 9.30. The monoisotopic (exact) mass is 213 g/mol. The van der Waals surface area contributed by atoms with Crippen LogP contribution in [0.3, 0.4) is 0 Å². The highest BCUT2D eigenvalue weighted by Gasteiger charge is 2.09. The van der Waals surface area contributed by atoms with E-state index < -0.39 is 6.10 Å². The first kappa shape index (κ1) is 10.8. The Morgan fingerprint density at radius 3 is 2.69 bits per heavy atom. The molecule has 0 aliphatic rings. The van der Waals surface area contributed by atoms with E-state index in [0.717, 1.165) is 5.56 Å². The zero-order chi connectivity index (χ0) is 11.4. The van der Waals surface area contributed by atoms with E-state index >= 15 is 0 Å². The largest absolute Gasteiger partial charge is 0.388 e. The molecule has 0 aliphatic heterocycles. The number of aryl methyl sites for hydroxylation is 1. The van der Waals surface area contributed by atoms with Crippen molar-refractivity contribution >= 4 is 0 Å². The van der Waals surface area contributed by atoms with Crippen LogP contribution in [0.1, 0.15) is 22.8 Å². The van der Waals surface area contributed by atoms with Crippen LogP contribution in [0.5, 0.6) is 0 Å². The third-order valence-electron chi connectivity index (χ3n) is 2.74. The van der Waals surface area contributed by atoms with Gasteiger partial charge in [0.1, 0.15) is 0 Å². The topological polar surface area (TPSA) is 33.1 Å². The highest BCUT2D eigenvalue weighted by molar-refractivity contribution is 5.27. The molecule has 2 aromatic rings. The summed E-state index contributed by atoms with van der Waals surface area (Å²) in [6.07, 6.45) is 3.58. The van der Waals surface area contributed by atoms with Crippen LogP contribution in [0.2, 0.25) is 0 Å². The predicted molar refractivity (Wildman–Crippen MR) is 64.1 cm³/mol. The number of benzene rings is 1. The van der Waals surface area contributed by atoms with Crippen molar-refractivity contribution in [2.75, 3.05) is 0 Å². The summed E-state index contributed by atoms with van der Waals surface area (Å²) >= 11 is 0. The number of aromatic nitrogens is 1. The fraction of sp³-hybridized carbons (Fsp3) is 0.214. The number of aliphatic hydroxyl groups excluding tert-OH is 1. The molecule has 16 heavy (non-hydrogen) atoms. The fourth-order valence-corrected chi connectivity index (χ4v) is 1.74. The van der Waals surface area contributed by atoms with E-state index in [1.165, 1.54) is 11.1 Å². The van der Waals surface area contributed by atoms with Crippen molar-refractivity contribution in [2.45, 2.75) is 19.4 Å². The van der Waals surface area contributed by atoms with E-state index in [1.807, 2.05) is 24.3 Å². The van der Waals surface area contributed by atoms with Gasteiger partial charge in [-0.1, -0.05) is 30.3 Å². The lowest BCUT2D eigenvalue weighted by Gasteiger charge is -2.12. The summed E-state index contributed by atoms with van der Waals surface area (Å²) in [4.78, 5) is 4.01. The Morgan fingerprint density at radius 2 is 2.00 bits per heavy atom. The van der Waals surface area contributed by atoms with Crippen molar-refractivity contribution < 1.29 is 5.11 Å². The first-order chi connectivity index (χ1) is 7.77. The van der Waals surface area contributed by atoms with Crippen LogP contribution in [0, 0.1) is 6.92 Å². The zero-order valence-corrected chi connectivity index (χ0v) is 9.30. The number of aliphatic hydroxyl groups is 1. The maximum atomic E-state index is 10.1. The van der Waals surface area contributed by atoms with Gasteiger partial charge in [0.25, 0.3) is 0 Å². The van der Waals surface area contributed by atoms with Crippen LogP contribution >= 0.6 is 0 Å². The van der Waals surface area contributed by atoms with Crippen LogP contribution in [0.15, 0.2) is 48.8 Å². The molecule has 1 heterocycles. The third-order valence-corrected chi connectivity index (χ3v) is 2.74. The van der Waals surface area contributed by atoms with Crippen LogP contribution < -0.4 is 0 Å². The summed E-state index contributed by atoms with van der Waals surface area (Å²) < 4.78 is 0. The van der Waals surface area contributed by atoms with Crippen LogP contribution in [-0.4, -0.2) is 10.1 Å². The van der Waals surface area contributed by atoms with Crippen molar-refractivity contribution in [2.24, 2.45) is 0 Å². The minimum atomic E-state index is -0.477. The third kappa shape index (κ3) is 2.47. The molecule has 0 fully saturated rings.